The molecule has 0 aromatic heterocycles. The van der Waals surface area contributed by atoms with Gasteiger partial charge < -0.3 is 11.1 Å². The van der Waals surface area contributed by atoms with Crippen LogP contribution in [0.15, 0.2) is 24.3 Å². The SMILES string of the molecule is Cc1cccc(NC(=O)C(C)C(C)N)c1. The highest BCUT2D eigenvalue weighted by molar-refractivity contribution is 5.92. The first-order chi connectivity index (χ1) is 7.00. The van der Waals surface area contributed by atoms with Crippen LogP contribution in [0.25, 0.3) is 0 Å². The number of amides is 1. The average molecular weight is 206 g/mol. The number of benzene rings is 1. The van der Waals surface area contributed by atoms with Gasteiger partial charge >= 0.3 is 0 Å². The van der Waals surface area contributed by atoms with Crippen molar-refractivity contribution in [1.82, 2.24) is 0 Å². The molecule has 0 bridgehead atoms. The van der Waals surface area contributed by atoms with E-state index in [2.05, 4.69) is 5.32 Å². The van der Waals surface area contributed by atoms with Gasteiger partial charge in [0.2, 0.25) is 5.91 Å². The number of anilines is 1. The van der Waals surface area contributed by atoms with Crippen molar-refractivity contribution in [3.8, 4) is 0 Å². The maximum Gasteiger partial charge on any atom is 0.228 e. The van der Waals surface area contributed by atoms with E-state index in [0.717, 1.165) is 11.3 Å². The van der Waals surface area contributed by atoms with Gasteiger partial charge in [0.25, 0.3) is 0 Å². The third-order valence-corrected chi connectivity index (χ3v) is 2.49. The summed E-state index contributed by atoms with van der Waals surface area (Å²) in [7, 11) is 0. The standard InChI is InChI=1S/C12H18N2O/c1-8-5-4-6-11(7-8)14-12(15)9(2)10(3)13/h4-7,9-10H,13H2,1-3H3,(H,14,15). The fourth-order valence-electron chi connectivity index (χ4n) is 1.22. The van der Waals surface area contributed by atoms with Crippen molar-refractivity contribution in [1.29, 1.82) is 0 Å². The lowest BCUT2D eigenvalue weighted by molar-refractivity contribution is -0.119. The lowest BCUT2D eigenvalue weighted by atomic mass is 10.0. The van der Waals surface area contributed by atoms with Crippen LogP contribution in [-0.2, 0) is 4.79 Å². The van der Waals surface area contributed by atoms with Gasteiger partial charge in [-0.3, -0.25) is 4.79 Å². The average Bonchev–Trinajstić information content (AvgIpc) is 2.16. The van der Waals surface area contributed by atoms with E-state index in [1.54, 1.807) is 0 Å². The number of nitrogens with two attached hydrogens (primary N) is 1. The molecule has 1 aromatic carbocycles. The summed E-state index contributed by atoms with van der Waals surface area (Å²) in [4.78, 5) is 11.7. The molecule has 1 amide bonds. The van der Waals surface area contributed by atoms with Crippen molar-refractivity contribution >= 4 is 11.6 Å². The van der Waals surface area contributed by atoms with E-state index in [-0.39, 0.29) is 17.9 Å². The van der Waals surface area contributed by atoms with Gasteiger partial charge in [0.1, 0.15) is 0 Å². The lowest BCUT2D eigenvalue weighted by Gasteiger charge is -2.15. The first-order valence-corrected chi connectivity index (χ1v) is 5.14. The first-order valence-electron chi connectivity index (χ1n) is 5.14. The summed E-state index contributed by atoms with van der Waals surface area (Å²) in [6.45, 7) is 5.65. The molecule has 0 saturated heterocycles. The molecule has 3 heteroatoms. The maximum atomic E-state index is 11.7. The Morgan fingerprint density at radius 3 is 2.60 bits per heavy atom. The number of carbonyl (C=O) groups is 1. The minimum atomic E-state index is -0.175. The molecule has 1 aromatic rings. The number of nitrogens with one attached hydrogen (secondary N) is 1. The minimum Gasteiger partial charge on any atom is -0.327 e. The highest BCUT2D eigenvalue weighted by Gasteiger charge is 2.16. The van der Waals surface area contributed by atoms with Gasteiger partial charge in [-0.2, -0.15) is 0 Å². The Labute approximate surface area is 90.7 Å². The second-order valence-corrected chi connectivity index (χ2v) is 4.01. The van der Waals surface area contributed by atoms with Gasteiger partial charge in [-0.05, 0) is 31.5 Å². The van der Waals surface area contributed by atoms with Gasteiger partial charge in [-0.1, -0.05) is 19.1 Å². The number of rotatable bonds is 3. The molecule has 15 heavy (non-hydrogen) atoms. The van der Waals surface area contributed by atoms with Gasteiger partial charge in [-0.15, -0.1) is 0 Å². The van der Waals surface area contributed by atoms with Crippen molar-refractivity contribution in [2.24, 2.45) is 11.7 Å². The smallest absolute Gasteiger partial charge is 0.228 e. The Balaban J connectivity index is 2.66. The molecule has 82 valence electrons. The normalized spacial score (nSPS) is 14.4. The molecular weight excluding hydrogens is 188 g/mol. The van der Waals surface area contributed by atoms with E-state index < -0.39 is 0 Å². The summed E-state index contributed by atoms with van der Waals surface area (Å²) in [5.74, 6) is -0.207. The summed E-state index contributed by atoms with van der Waals surface area (Å²) >= 11 is 0. The summed E-state index contributed by atoms with van der Waals surface area (Å²) < 4.78 is 0. The summed E-state index contributed by atoms with van der Waals surface area (Å²) in [5.41, 5.74) is 7.61. The van der Waals surface area contributed by atoms with E-state index in [1.807, 2.05) is 45.0 Å². The molecule has 0 fully saturated rings. The number of hydrogen-bond acceptors (Lipinski definition) is 2. The number of aryl methyl sites for hydroxylation is 1. The van der Waals surface area contributed by atoms with Crippen LogP contribution in [0.5, 0.6) is 0 Å². The van der Waals surface area contributed by atoms with Crippen LogP contribution in [-0.4, -0.2) is 11.9 Å². The van der Waals surface area contributed by atoms with Gasteiger partial charge in [0.15, 0.2) is 0 Å². The second-order valence-electron chi connectivity index (χ2n) is 4.01. The van der Waals surface area contributed by atoms with Crippen LogP contribution < -0.4 is 11.1 Å². The molecule has 0 aliphatic rings. The topological polar surface area (TPSA) is 55.1 Å². The van der Waals surface area contributed by atoms with E-state index in [0.29, 0.717) is 0 Å². The van der Waals surface area contributed by atoms with Crippen molar-refractivity contribution in [2.75, 3.05) is 5.32 Å². The maximum absolute atomic E-state index is 11.7. The third-order valence-electron chi connectivity index (χ3n) is 2.49. The van der Waals surface area contributed by atoms with E-state index in [4.69, 9.17) is 5.73 Å². The van der Waals surface area contributed by atoms with Gasteiger partial charge in [0.05, 0.1) is 5.92 Å². The van der Waals surface area contributed by atoms with Crippen molar-refractivity contribution in [2.45, 2.75) is 26.8 Å². The van der Waals surface area contributed by atoms with Crippen molar-refractivity contribution in [3.05, 3.63) is 29.8 Å². The first kappa shape index (κ1) is 11.7. The predicted octanol–water partition coefficient (Wildman–Crippen LogP) is 1.92. The Kier molecular flexibility index (Phi) is 3.86. The Hall–Kier alpha value is -1.35. The fraction of sp³-hybridized carbons (Fsp3) is 0.417. The molecular formula is C12H18N2O. The highest BCUT2D eigenvalue weighted by atomic mass is 16.1. The monoisotopic (exact) mass is 206 g/mol. The van der Waals surface area contributed by atoms with Crippen LogP contribution >= 0.6 is 0 Å². The summed E-state index contributed by atoms with van der Waals surface area (Å²) in [6, 6.07) is 7.59. The molecule has 3 N–H and O–H groups in total. The zero-order valence-electron chi connectivity index (χ0n) is 9.45. The molecule has 3 nitrogen and oxygen atoms in total. The molecule has 0 aliphatic heterocycles. The van der Waals surface area contributed by atoms with E-state index in [9.17, 15) is 4.79 Å². The zero-order chi connectivity index (χ0) is 11.4. The van der Waals surface area contributed by atoms with Crippen molar-refractivity contribution < 1.29 is 4.79 Å². The van der Waals surface area contributed by atoms with Crippen LogP contribution in [0.3, 0.4) is 0 Å². The number of hydrogen-bond donors (Lipinski definition) is 2. The Bertz CT molecular complexity index is 347. The molecule has 0 saturated carbocycles. The van der Waals surface area contributed by atoms with Crippen molar-refractivity contribution in [3.63, 3.8) is 0 Å². The quantitative estimate of drug-likeness (QED) is 0.793. The van der Waals surface area contributed by atoms with Crippen LogP contribution in [0.2, 0.25) is 0 Å². The van der Waals surface area contributed by atoms with Gasteiger partial charge in [0, 0.05) is 11.7 Å². The highest BCUT2D eigenvalue weighted by Crippen LogP contribution is 2.11. The zero-order valence-corrected chi connectivity index (χ0v) is 9.45. The van der Waals surface area contributed by atoms with Crippen LogP contribution in [0, 0.1) is 12.8 Å². The Morgan fingerprint density at radius 1 is 1.40 bits per heavy atom. The number of carbonyl (C=O) groups excluding carboxylic acids is 1. The molecule has 1 rings (SSSR count). The van der Waals surface area contributed by atoms with Gasteiger partial charge in [-0.25, -0.2) is 0 Å². The van der Waals surface area contributed by atoms with Crippen LogP contribution in [0.4, 0.5) is 5.69 Å². The molecule has 2 unspecified atom stereocenters. The largest absolute Gasteiger partial charge is 0.327 e. The molecule has 0 heterocycles. The molecule has 0 aliphatic carbocycles. The second kappa shape index (κ2) is 4.94. The summed E-state index contributed by atoms with van der Waals surface area (Å²) in [5, 5.41) is 2.84. The molecule has 2 atom stereocenters. The fourth-order valence-corrected chi connectivity index (χ4v) is 1.22. The van der Waals surface area contributed by atoms with E-state index in [1.165, 1.54) is 0 Å². The molecule has 0 radical (unpaired) electrons. The van der Waals surface area contributed by atoms with Crippen LogP contribution in [0.1, 0.15) is 19.4 Å². The third kappa shape index (κ3) is 3.36. The molecule has 0 spiro atoms. The Morgan fingerprint density at radius 2 is 2.07 bits per heavy atom. The predicted molar refractivity (Wildman–Crippen MR) is 62.6 cm³/mol. The lowest BCUT2D eigenvalue weighted by Crippen LogP contribution is -2.34. The van der Waals surface area contributed by atoms with E-state index >= 15 is 0 Å². The summed E-state index contributed by atoms with van der Waals surface area (Å²) in [6.07, 6.45) is 0. The minimum absolute atomic E-state index is 0.0319.